The van der Waals surface area contributed by atoms with E-state index in [1.165, 1.54) is 0 Å². The fourth-order valence-corrected chi connectivity index (χ4v) is 4.51. The van der Waals surface area contributed by atoms with Crippen molar-refractivity contribution in [1.29, 1.82) is 0 Å². The molecule has 0 amide bonds. The molecule has 1 N–H and O–H groups in total. The Morgan fingerprint density at radius 1 is 1.26 bits per heavy atom. The first kappa shape index (κ1) is 20.5. The van der Waals surface area contributed by atoms with Gasteiger partial charge in [-0.3, -0.25) is 4.98 Å². The third kappa shape index (κ3) is 3.58. The van der Waals surface area contributed by atoms with Crippen LogP contribution < -0.4 is 4.90 Å². The topological polar surface area (TPSA) is 62.7 Å². The molecule has 8 heteroatoms. The van der Waals surface area contributed by atoms with Crippen molar-refractivity contribution in [2.75, 3.05) is 18.0 Å². The van der Waals surface area contributed by atoms with E-state index in [9.17, 15) is 18.7 Å². The quantitative estimate of drug-likeness (QED) is 0.706. The van der Waals surface area contributed by atoms with Gasteiger partial charge in [0.25, 0.3) is 5.92 Å². The smallest absolute Gasteiger partial charge is 0.340 e. The van der Waals surface area contributed by atoms with Crippen LogP contribution in [0.5, 0.6) is 0 Å². The average molecular weight is 447 g/mol. The van der Waals surface area contributed by atoms with Crippen molar-refractivity contribution in [2.24, 2.45) is 5.41 Å². The van der Waals surface area contributed by atoms with Gasteiger partial charge in [0.15, 0.2) is 6.10 Å². The number of carbonyl (C=O) groups excluding carboxylic acids is 1. The summed E-state index contributed by atoms with van der Waals surface area (Å²) in [6.07, 6.45) is -1.10. The molecule has 150 valence electrons. The lowest BCUT2D eigenvalue weighted by molar-refractivity contribution is -0.157. The molecule has 1 aliphatic carbocycles. The molecule has 3 rings (SSSR count). The molecule has 0 radical (unpaired) electrons. The van der Waals surface area contributed by atoms with E-state index in [2.05, 4.69) is 20.9 Å². The van der Waals surface area contributed by atoms with Gasteiger partial charge in [0.1, 0.15) is 0 Å². The molecule has 27 heavy (non-hydrogen) atoms. The van der Waals surface area contributed by atoms with Crippen LogP contribution in [0.1, 0.15) is 56.2 Å². The number of esters is 1. The number of carbonyl (C=O) groups is 1. The number of nitrogens with zero attached hydrogens (tertiary/aromatic N) is 2. The first-order valence-corrected chi connectivity index (χ1v) is 9.96. The van der Waals surface area contributed by atoms with Gasteiger partial charge in [0.2, 0.25) is 0 Å². The summed E-state index contributed by atoms with van der Waals surface area (Å²) in [6, 6.07) is 0. The lowest BCUT2D eigenvalue weighted by Gasteiger charge is -2.36. The van der Waals surface area contributed by atoms with E-state index in [0.717, 1.165) is 0 Å². The van der Waals surface area contributed by atoms with Crippen molar-refractivity contribution in [2.45, 2.75) is 65.1 Å². The monoisotopic (exact) mass is 446 g/mol. The van der Waals surface area contributed by atoms with Crippen LogP contribution in [0, 0.1) is 19.3 Å². The standard InChI is InChI=1S/C19H25BrF2N2O3/c1-10(2)27-17(26)16(25)13-11(3)23-12(4)14(20)15(13)24-7-5-18(6-8-24)9-19(18,21)22/h10,16,25H,5-9H2,1-4H3. The first-order chi connectivity index (χ1) is 12.5. The van der Waals surface area contributed by atoms with E-state index in [1.807, 2.05) is 11.8 Å². The fourth-order valence-electron chi connectivity index (χ4n) is 3.95. The molecule has 0 aromatic carbocycles. The largest absolute Gasteiger partial charge is 0.461 e. The van der Waals surface area contributed by atoms with E-state index in [4.69, 9.17) is 4.74 Å². The SMILES string of the molecule is Cc1nc(C)c(C(O)C(=O)OC(C)C)c(N2CCC3(CC2)CC3(F)F)c1Br. The highest BCUT2D eigenvalue weighted by Crippen LogP contribution is 2.66. The second kappa shape index (κ2) is 6.95. The Bertz CT molecular complexity index is 762. The predicted molar refractivity (Wildman–Crippen MR) is 101 cm³/mol. The highest BCUT2D eigenvalue weighted by Gasteiger charge is 2.70. The van der Waals surface area contributed by atoms with E-state index in [-0.39, 0.29) is 12.5 Å². The minimum atomic E-state index is -2.57. The molecule has 5 nitrogen and oxygen atoms in total. The minimum absolute atomic E-state index is 0.0421. The zero-order chi connectivity index (χ0) is 20.1. The molecule has 1 aromatic rings. The van der Waals surface area contributed by atoms with Crippen LogP contribution in [0.2, 0.25) is 0 Å². The van der Waals surface area contributed by atoms with Crippen molar-refractivity contribution in [1.82, 2.24) is 4.98 Å². The van der Waals surface area contributed by atoms with Crippen LogP contribution in [0.25, 0.3) is 0 Å². The summed E-state index contributed by atoms with van der Waals surface area (Å²) in [5.41, 5.74) is 1.38. The lowest BCUT2D eigenvalue weighted by Crippen LogP contribution is -2.38. The number of aryl methyl sites for hydroxylation is 2. The second-order valence-corrected chi connectivity index (χ2v) is 8.69. The normalized spacial score (nSPS) is 21.4. The molecule has 1 unspecified atom stereocenters. The highest BCUT2D eigenvalue weighted by atomic mass is 79.9. The van der Waals surface area contributed by atoms with Crippen molar-refractivity contribution < 1.29 is 23.4 Å². The number of piperidine rings is 1. The van der Waals surface area contributed by atoms with Gasteiger partial charge in [-0.2, -0.15) is 0 Å². The van der Waals surface area contributed by atoms with Gasteiger partial charge in [0.05, 0.1) is 22.0 Å². The van der Waals surface area contributed by atoms with Crippen LogP contribution in [0.15, 0.2) is 4.47 Å². The number of halogens is 3. The van der Waals surface area contributed by atoms with E-state index >= 15 is 0 Å². The number of hydrogen-bond acceptors (Lipinski definition) is 5. The van der Waals surface area contributed by atoms with Gasteiger partial charge >= 0.3 is 5.97 Å². The third-order valence-electron chi connectivity index (χ3n) is 5.60. The van der Waals surface area contributed by atoms with Crippen LogP contribution >= 0.6 is 15.9 Å². The highest BCUT2D eigenvalue weighted by molar-refractivity contribution is 9.10. The van der Waals surface area contributed by atoms with E-state index in [0.29, 0.717) is 53.0 Å². The van der Waals surface area contributed by atoms with Crippen molar-refractivity contribution in [3.63, 3.8) is 0 Å². The third-order valence-corrected chi connectivity index (χ3v) is 6.55. The van der Waals surface area contributed by atoms with Gasteiger partial charge in [-0.05, 0) is 56.5 Å². The van der Waals surface area contributed by atoms with Crippen molar-refractivity contribution in [3.8, 4) is 0 Å². The maximum absolute atomic E-state index is 13.7. The molecule has 0 bridgehead atoms. The van der Waals surface area contributed by atoms with Crippen LogP contribution in [0.3, 0.4) is 0 Å². The van der Waals surface area contributed by atoms with Crippen molar-refractivity contribution in [3.05, 3.63) is 21.4 Å². The fraction of sp³-hybridized carbons (Fsp3) is 0.684. The average Bonchev–Trinajstić information content (AvgIpc) is 3.10. The summed E-state index contributed by atoms with van der Waals surface area (Å²) < 4.78 is 33.2. The number of aliphatic hydroxyl groups excluding tert-OH is 1. The Morgan fingerprint density at radius 3 is 2.30 bits per heavy atom. The maximum Gasteiger partial charge on any atom is 0.340 e. The Kier molecular flexibility index (Phi) is 5.27. The number of aromatic nitrogens is 1. The van der Waals surface area contributed by atoms with Crippen LogP contribution in [-0.4, -0.2) is 41.2 Å². The number of hydrogen-bond donors (Lipinski definition) is 1. The molecule has 1 aliphatic heterocycles. The summed E-state index contributed by atoms with van der Waals surface area (Å²) in [4.78, 5) is 18.7. The molecule has 1 spiro atoms. The number of rotatable bonds is 4. The van der Waals surface area contributed by atoms with E-state index < -0.39 is 23.4 Å². The summed E-state index contributed by atoms with van der Waals surface area (Å²) in [5, 5.41) is 10.7. The Morgan fingerprint density at radius 2 is 1.81 bits per heavy atom. The number of ether oxygens (including phenoxy) is 1. The number of alkyl halides is 2. The molecule has 1 atom stereocenters. The van der Waals surface area contributed by atoms with Crippen molar-refractivity contribution >= 4 is 27.6 Å². The molecule has 2 heterocycles. The molecule has 1 aromatic heterocycles. The number of anilines is 1. The Balaban J connectivity index is 1.93. The number of aliphatic hydroxyl groups is 1. The van der Waals surface area contributed by atoms with Crippen LogP contribution in [0.4, 0.5) is 14.5 Å². The molecule has 1 saturated carbocycles. The van der Waals surface area contributed by atoms with Crippen LogP contribution in [-0.2, 0) is 9.53 Å². The summed E-state index contributed by atoms with van der Waals surface area (Å²) in [7, 11) is 0. The summed E-state index contributed by atoms with van der Waals surface area (Å²) >= 11 is 3.52. The Hall–Kier alpha value is -1.28. The van der Waals surface area contributed by atoms with Gasteiger partial charge in [-0.1, -0.05) is 0 Å². The van der Waals surface area contributed by atoms with E-state index in [1.54, 1.807) is 20.8 Å². The second-order valence-electron chi connectivity index (χ2n) is 7.90. The zero-order valence-corrected chi connectivity index (χ0v) is 17.6. The molecular formula is C19H25BrF2N2O3. The first-order valence-electron chi connectivity index (χ1n) is 9.17. The molecule has 2 fully saturated rings. The summed E-state index contributed by atoms with van der Waals surface area (Å²) in [5.74, 6) is -3.31. The van der Waals surface area contributed by atoms with Gasteiger partial charge in [0, 0.05) is 36.2 Å². The number of pyridine rings is 1. The molecular weight excluding hydrogens is 422 g/mol. The molecule has 1 saturated heterocycles. The zero-order valence-electron chi connectivity index (χ0n) is 16.0. The van der Waals surface area contributed by atoms with Gasteiger partial charge in [-0.25, -0.2) is 13.6 Å². The predicted octanol–water partition coefficient (Wildman–Crippen LogP) is 4.07. The lowest BCUT2D eigenvalue weighted by atomic mass is 9.91. The maximum atomic E-state index is 13.7. The summed E-state index contributed by atoms with van der Waals surface area (Å²) in [6.45, 7) is 7.85. The molecule has 2 aliphatic rings. The Labute approximate surface area is 166 Å². The minimum Gasteiger partial charge on any atom is -0.461 e. The van der Waals surface area contributed by atoms with Gasteiger partial charge in [-0.15, -0.1) is 0 Å². The van der Waals surface area contributed by atoms with Gasteiger partial charge < -0.3 is 14.7 Å².